The van der Waals surface area contributed by atoms with Crippen LogP contribution in [-0.2, 0) is 16.3 Å². The van der Waals surface area contributed by atoms with Crippen LogP contribution in [0, 0.1) is 12.8 Å². The zero-order chi connectivity index (χ0) is 27.4. The second-order valence-electron chi connectivity index (χ2n) is 10.9. The molecule has 3 rings (SSSR count). The number of hydrogen-bond donors (Lipinski definition) is 2. The van der Waals surface area contributed by atoms with E-state index in [2.05, 4.69) is 41.0 Å². The molecule has 0 fully saturated rings. The van der Waals surface area contributed by atoms with Crippen molar-refractivity contribution in [3.8, 4) is 11.1 Å². The molecule has 0 aromatic carbocycles. The number of halogens is 3. The van der Waals surface area contributed by atoms with E-state index in [0.717, 1.165) is 33.8 Å². The predicted octanol–water partition coefficient (Wildman–Crippen LogP) is 5.83. The Hall–Kier alpha value is -2.92. The Morgan fingerprint density at radius 2 is 1.89 bits per heavy atom. The number of nitrogens with one attached hydrogen (secondary N) is 2. The molecule has 0 aliphatic carbocycles. The molecule has 0 spiro atoms. The molecule has 2 N–H and O–H groups in total. The molecule has 1 amide bonds. The SMILES string of the molecule is Cc1cnc2c(c1)c(-c1cncc(NC(C(=O)NCC(F)(F)F)C(C)C)c1)cn2COCC[Si](C)(C)C. The largest absolute Gasteiger partial charge is 0.405 e. The van der Waals surface area contributed by atoms with Gasteiger partial charge in [0.2, 0.25) is 5.91 Å². The number of anilines is 1. The maximum atomic E-state index is 12.6. The van der Waals surface area contributed by atoms with Crippen molar-refractivity contribution in [2.24, 2.45) is 5.92 Å². The van der Waals surface area contributed by atoms with Gasteiger partial charge < -0.3 is 19.9 Å². The Kier molecular flexibility index (Phi) is 9.01. The molecule has 0 aliphatic rings. The van der Waals surface area contributed by atoms with Crippen LogP contribution < -0.4 is 10.6 Å². The summed E-state index contributed by atoms with van der Waals surface area (Å²) in [5, 5.41) is 5.97. The normalized spacial score (nSPS) is 13.2. The molecule has 1 unspecified atom stereocenters. The summed E-state index contributed by atoms with van der Waals surface area (Å²) >= 11 is 0. The third kappa shape index (κ3) is 8.29. The van der Waals surface area contributed by atoms with E-state index in [9.17, 15) is 18.0 Å². The number of amides is 1. The summed E-state index contributed by atoms with van der Waals surface area (Å²) in [6, 6.07) is 4.10. The molecule has 37 heavy (non-hydrogen) atoms. The van der Waals surface area contributed by atoms with Crippen molar-refractivity contribution in [3.63, 3.8) is 0 Å². The van der Waals surface area contributed by atoms with Crippen LogP contribution in [0.5, 0.6) is 0 Å². The van der Waals surface area contributed by atoms with Crippen LogP contribution in [0.4, 0.5) is 18.9 Å². The van der Waals surface area contributed by atoms with Crippen LogP contribution >= 0.6 is 0 Å². The van der Waals surface area contributed by atoms with Crippen molar-refractivity contribution < 1.29 is 22.7 Å². The quantitative estimate of drug-likeness (QED) is 0.238. The first-order valence-electron chi connectivity index (χ1n) is 12.3. The van der Waals surface area contributed by atoms with E-state index in [4.69, 9.17) is 4.74 Å². The van der Waals surface area contributed by atoms with Gasteiger partial charge in [-0.2, -0.15) is 13.2 Å². The average molecular weight is 536 g/mol. The van der Waals surface area contributed by atoms with Gasteiger partial charge in [-0.05, 0) is 36.6 Å². The van der Waals surface area contributed by atoms with Crippen molar-refractivity contribution in [1.82, 2.24) is 19.9 Å². The monoisotopic (exact) mass is 535 g/mol. The van der Waals surface area contributed by atoms with Crippen molar-refractivity contribution in [1.29, 1.82) is 0 Å². The highest BCUT2D eigenvalue weighted by Gasteiger charge is 2.30. The van der Waals surface area contributed by atoms with Crippen LogP contribution in [0.25, 0.3) is 22.2 Å². The minimum atomic E-state index is -4.47. The number of aromatic nitrogens is 3. The molecule has 202 valence electrons. The molecule has 3 aromatic heterocycles. The van der Waals surface area contributed by atoms with E-state index < -0.39 is 32.7 Å². The Bertz CT molecular complexity index is 1220. The Morgan fingerprint density at radius 3 is 2.54 bits per heavy atom. The van der Waals surface area contributed by atoms with Crippen LogP contribution in [0.1, 0.15) is 19.4 Å². The Balaban J connectivity index is 1.86. The first kappa shape index (κ1) is 28.6. The number of pyridine rings is 2. The standard InChI is InChI=1S/C26H36F3N5O2Si/c1-17(2)23(25(35)32-15-26(27,28)29)33-20-10-19(12-30-13-20)22-14-34(16-36-7-8-37(4,5)6)24-21(22)9-18(3)11-31-24/h9-14,17,23,33H,7-8,15-16H2,1-6H3,(H,32,35). The van der Waals surface area contributed by atoms with Crippen LogP contribution in [-0.4, -0.2) is 53.9 Å². The topological polar surface area (TPSA) is 81.1 Å². The van der Waals surface area contributed by atoms with Gasteiger partial charge in [0.15, 0.2) is 0 Å². The number of nitrogens with zero attached hydrogens (tertiary/aromatic N) is 3. The lowest BCUT2D eigenvalue weighted by Gasteiger charge is -2.23. The van der Waals surface area contributed by atoms with Crippen molar-refractivity contribution in [2.45, 2.75) is 65.4 Å². The van der Waals surface area contributed by atoms with Gasteiger partial charge in [-0.15, -0.1) is 0 Å². The lowest BCUT2D eigenvalue weighted by atomic mass is 10.0. The third-order valence-corrected chi connectivity index (χ3v) is 7.57. The van der Waals surface area contributed by atoms with Crippen LogP contribution in [0.2, 0.25) is 25.7 Å². The fraction of sp³-hybridized carbons (Fsp3) is 0.500. The van der Waals surface area contributed by atoms with E-state index in [0.29, 0.717) is 19.0 Å². The zero-order valence-electron chi connectivity index (χ0n) is 22.2. The number of fused-ring (bicyclic) bond motifs is 1. The number of aryl methyl sites for hydroxylation is 1. The Labute approximate surface area is 216 Å². The van der Waals surface area contributed by atoms with Gasteiger partial charge in [0, 0.05) is 56.0 Å². The minimum absolute atomic E-state index is 0.251. The van der Waals surface area contributed by atoms with Crippen molar-refractivity contribution in [3.05, 3.63) is 42.5 Å². The molecule has 7 nitrogen and oxygen atoms in total. The molecule has 11 heteroatoms. The number of alkyl halides is 3. The van der Waals surface area contributed by atoms with Crippen molar-refractivity contribution >= 4 is 30.7 Å². The fourth-order valence-corrected chi connectivity index (χ4v) is 4.58. The second kappa shape index (κ2) is 11.6. The summed E-state index contributed by atoms with van der Waals surface area (Å²) < 4.78 is 45.7. The van der Waals surface area contributed by atoms with E-state index in [1.165, 1.54) is 0 Å². The molecule has 1 atom stereocenters. The van der Waals surface area contributed by atoms with E-state index in [1.807, 2.05) is 35.3 Å². The summed E-state index contributed by atoms with van der Waals surface area (Å²) in [5.41, 5.74) is 4.03. The first-order chi connectivity index (χ1) is 17.2. The second-order valence-corrected chi connectivity index (χ2v) is 16.5. The molecule has 3 aromatic rings. The molecule has 0 saturated carbocycles. The summed E-state index contributed by atoms with van der Waals surface area (Å²) in [7, 11) is -1.20. The first-order valence-corrected chi connectivity index (χ1v) is 16.0. The molecule has 0 aliphatic heterocycles. The maximum absolute atomic E-state index is 12.6. The summed E-state index contributed by atoms with van der Waals surface area (Å²) in [5.74, 6) is -0.969. The number of hydrogen-bond acceptors (Lipinski definition) is 5. The van der Waals surface area contributed by atoms with Gasteiger partial charge in [-0.1, -0.05) is 33.5 Å². The predicted molar refractivity (Wildman–Crippen MR) is 143 cm³/mol. The molecule has 0 saturated heterocycles. The molecule has 0 bridgehead atoms. The molecular formula is C26H36F3N5O2Si. The Morgan fingerprint density at radius 1 is 1.16 bits per heavy atom. The number of carbonyl (C=O) groups is 1. The van der Waals surface area contributed by atoms with E-state index in [-0.39, 0.29) is 5.92 Å². The van der Waals surface area contributed by atoms with Gasteiger partial charge in [0.1, 0.15) is 25.0 Å². The fourth-order valence-electron chi connectivity index (χ4n) is 3.82. The lowest BCUT2D eigenvalue weighted by molar-refractivity contribution is -0.139. The third-order valence-electron chi connectivity index (χ3n) is 5.86. The summed E-state index contributed by atoms with van der Waals surface area (Å²) in [6.45, 7) is 12.1. The van der Waals surface area contributed by atoms with Crippen LogP contribution in [0.15, 0.2) is 36.9 Å². The highest BCUT2D eigenvalue weighted by atomic mass is 28.3. The minimum Gasteiger partial charge on any atom is -0.372 e. The lowest BCUT2D eigenvalue weighted by Crippen LogP contribution is -2.46. The van der Waals surface area contributed by atoms with Gasteiger partial charge in [0.25, 0.3) is 0 Å². The average Bonchev–Trinajstić information content (AvgIpc) is 3.15. The van der Waals surface area contributed by atoms with Gasteiger partial charge in [0.05, 0.1) is 5.69 Å². The smallest absolute Gasteiger partial charge is 0.372 e. The number of rotatable bonds is 11. The van der Waals surface area contributed by atoms with E-state index >= 15 is 0 Å². The summed E-state index contributed by atoms with van der Waals surface area (Å²) in [4.78, 5) is 21.4. The number of carbonyl (C=O) groups excluding carboxylic acids is 1. The molecule has 3 heterocycles. The molecule has 0 radical (unpaired) electrons. The van der Waals surface area contributed by atoms with Gasteiger partial charge >= 0.3 is 6.18 Å². The van der Waals surface area contributed by atoms with Gasteiger partial charge in [-0.25, -0.2) is 4.98 Å². The highest BCUT2D eigenvalue weighted by Crippen LogP contribution is 2.31. The highest BCUT2D eigenvalue weighted by molar-refractivity contribution is 6.76. The number of ether oxygens (including phenoxy) is 1. The van der Waals surface area contributed by atoms with Crippen molar-refractivity contribution in [2.75, 3.05) is 18.5 Å². The van der Waals surface area contributed by atoms with Crippen LogP contribution in [0.3, 0.4) is 0 Å². The molecular weight excluding hydrogens is 499 g/mol. The zero-order valence-corrected chi connectivity index (χ0v) is 23.2. The maximum Gasteiger partial charge on any atom is 0.405 e. The van der Waals surface area contributed by atoms with Gasteiger partial charge in [-0.3, -0.25) is 9.78 Å². The summed E-state index contributed by atoms with van der Waals surface area (Å²) in [6.07, 6.45) is 2.58. The van der Waals surface area contributed by atoms with E-state index in [1.54, 1.807) is 26.2 Å².